The van der Waals surface area contributed by atoms with Crippen LogP contribution < -0.4 is 4.74 Å². The van der Waals surface area contributed by atoms with Crippen molar-refractivity contribution in [1.29, 1.82) is 0 Å². The van der Waals surface area contributed by atoms with Gasteiger partial charge in [-0.3, -0.25) is 0 Å². The molecule has 3 aromatic rings. The second-order valence-corrected chi connectivity index (χ2v) is 13.2. The van der Waals surface area contributed by atoms with E-state index in [1.165, 1.54) is 51.4 Å². The van der Waals surface area contributed by atoms with E-state index in [1.807, 2.05) is 12.1 Å². The summed E-state index contributed by atoms with van der Waals surface area (Å²) in [5, 5.41) is -0.612. The molecule has 0 amide bonds. The highest BCUT2D eigenvalue weighted by Gasteiger charge is 2.41. The van der Waals surface area contributed by atoms with E-state index in [2.05, 4.69) is 16.6 Å². The fourth-order valence-electron chi connectivity index (χ4n) is 7.52. The lowest BCUT2D eigenvalue weighted by molar-refractivity contribution is -0.185. The third-order valence-corrected chi connectivity index (χ3v) is 10.8. The van der Waals surface area contributed by atoms with E-state index in [1.54, 1.807) is 6.07 Å². The summed E-state index contributed by atoms with van der Waals surface area (Å²) in [7, 11) is 0. The lowest BCUT2D eigenvalue weighted by Crippen LogP contribution is -2.34. The van der Waals surface area contributed by atoms with Gasteiger partial charge in [-0.05, 0) is 105 Å². The van der Waals surface area contributed by atoms with E-state index in [0.29, 0.717) is 28.3 Å². The van der Waals surface area contributed by atoms with Crippen LogP contribution in [-0.2, 0) is 6.11 Å². The first-order valence-electron chi connectivity index (χ1n) is 14.3. The molecule has 0 radical (unpaired) electrons. The highest BCUT2D eigenvalue weighted by atomic mass is 32.1. The molecule has 1 heterocycles. The Balaban J connectivity index is 1.12. The topological polar surface area (TPSA) is 22.1 Å². The number of alkyl halides is 2. The number of benzene rings is 2. The molecule has 0 aliphatic heterocycles. The summed E-state index contributed by atoms with van der Waals surface area (Å²) in [6, 6.07) is 6.53. The summed E-state index contributed by atoms with van der Waals surface area (Å²) >= 11 is 0.804. The van der Waals surface area contributed by atoms with E-state index >= 15 is 0 Å². The van der Waals surface area contributed by atoms with Crippen LogP contribution in [0.25, 0.3) is 10.2 Å². The molecular formula is C31H34F5NOS. The second-order valence-electron chi connectivity index (χ2n) is 12.2. The van der Waals surface area contributed by atoms with Crippen molar-refractivity contribution in [3.8, 4) is 5.75 Å². The highest BCUT2D eigenvalue weighted by Crippen LogP contribution is 2.51. The molecule has 4 atom stereocenters. The average molecular weight is 564 g/mol. The fourth-order valence-corrected chi connectivity index (χ4v) is 8.44. The normalized spacial score (nSPS) is 29.8. The van der Waals surface area contributed by atoms with Crippen LogP contribution in [-0.4, -0.2) is 4.98 Å². The molecule has 0 spiro atoms. The maximum Gasteiger partial charge on any atom is 0.454 e. The standard InChI is InChI=1S/C31H34F5NOS/c1-17-2-4-18(5-3-17)19-6-7-21-13-22(9-8-20(21)12-19)23-10-11-27-28(14-23)39-30(37-27)31(35,36)38-24-15-25(32)29(34)26(33)16-24/h10-11,14-22H,2-9,12-13H2,1H3. The average Bonchev–Trinajstić information content (AvgIpc) is 3.36. The lowest BCUT2D eigenvalue weighted by Gasteiger charge is -2.45. The molecule has 0 saturated heterocycles. The molecule has 4 unspecified atom stereocenters. The molecule has 0 N–H and O–H groups in total. The molecule has 39 heavy (non-hydrogen) atoms. The Morgan fingerprint density at radius 2 is 1.41 bits per heavy atom. The third kappa shape index (κ3) is 5.55. The summed E-state index contributed by atoms with van der Waals surface area (Å²) in [5.41, 5.74) is 1.58. The zero-order valence-electron chi connectivity index (χ0n) is 22.1. The molecule has 6 rings (SSSR count). The van der Waals surface area contributed by atoms with Crippen molar-refractivity contribution in [3.63, 3.8) is 0 Å². The third-order valence-electron chi connectivity index (χ3n) is 9.72. The van der Waals surface area contributed by atoms with E-state index in [0.717, 1.165) is 59.3 Å². The lowest BCUT2D eigenvalue weighted by atomic mass is 9.60. The predicted octanol–water partition coefficient (Wildman–Crippen LogP) is 9.97. The predicted molar refractivity (Wildman–Crippen MR) is 142 cm³/mol. The van der Waals surface area contributed by atoms with Crippen LogP contribution >= 0.6 is 11.3 Å². The molecule has 3 fully saturated rings. The Hall–Kier alpha value is -2.22. The van der Waals surface area contributed by atoms with Crippen LogP contribution in [0.2, 0.25) is 0 Å². The number of hydrogen-bond donors (Lipinski definition) is 0. The van der Waals surface area contributed by atoms with Gasteiger partial charge in [-0.2, -0.15) is 8.78 Å². The first kappa shape index (κ1) is 27.0. The molecule has 3 saturated carbocycles. The number of halogens is 5. The minimum atomic E-state index is -3.92. The van der Waals surface area contributed by atoms with Crippen LogP contribution in [0.5, 0.6) is 5.75 Å². The van der Waals surface area contributed by atoms with Crippen molar-refractivity contribution < 1.29 is 26.7 Å². The maximum atomic E-state index is 14.9. The van der Waals surface area contributed by atoms with Crippen LogP contribution in [0.15, 0.2) is 30.3 Å². The zero-order valence-corrected chi connectivity index (χ0v) is 22.9. The summed E-state index contributed by atoms with van der Waals surface area (Å²) in [4.78, 5) is 4.03. The number of hydrogen-bond acceptors (Lipinski definition) is 3. The number of thiazole rings is 1. The molecule has 2 nitrogen and oxygen atoms in total. The van der Waals surface area contributed by atoms with Crippen molar-refractivity contribution in [1.82, 2.24) is 4.98 Å². The van der Waals surface area contributed by atoms with Gasteiger partial charge in [0.2, 0.25) is 5.01 Å². The van der Waals surface area contributed by atoms with Gasteiger partial charge in [-0.15, -0.1) is 11.3 Å². The number of nitrogens with zero attached hydrogens (tertiary/aromatic N) is 1. The van der Waals surface area contributed by atoms with E-state index < -0.39 is 34.3 Å². The molecule has 1 aromatic heterocycles. The number of ether oxygens (including phenoxy) is 1. The monoisotopic (exact) mass is 563 g/mol. The Labute approximate surface area is 230 Å². The quantitative estimate of drug-likeness (QED) is 0.228. The Morgan fingerprint density at radius 1 is 0.795 bits per heavy atom. The van der Waals surface area contributed by atoms with Crippen LogP contribution in [0, 0.1) is 47.0 Å². The second kappa shape index (κ2) is 10.6. The summed E-state index contributed by atoms with van der Waals surface area (Å²) in [6.45, 7) is 2.39. The van der Waals surface area contributed by atoms with Crippen LogP contribution in [0.3, 0.4) is 0 Å². The Morgan fingerprint density at radius 3 is 2.13 bits per heavy atom. The zero-order chi connectivity index (χ0) is 27.3. The fraction of sp³-hybridized carbons (Fsp3) is 0.581. The summed E-state index contributed by atoms with van der Waals surface area (Å²) in [6.07, 6.45) is 9.21. The van der Waals surface area contributed by atoms with E-state index in [-0.39, 0.29) is 0 Å². The van der Waals surface area contributed by atoms with E-state index in [9.17, 15) is 22.0 Å². The first-order valence-corrected chi connectivity index (χ1v) is 15.1. The van der Waals surface area contributed by atoms with Crippen molar-refractivity contribution in [2.45, 2.75) is 83.2 Å². The number of aromatic nitrogens is 1. The molecule has 0 bridgehead atoms. The summed E-state index contributed by atoms with van der Waals surface area (Å²) < 4.78 is 75.0. The Kier molecular flexibility index (Phi) is 7.36. The van der Waals surface area contributed by atoms with Gasteiger partial charge in [0.25, 0.3) is 0 Å². The van der Waals surface area contributed by atoms with Gasteiger partial charge in [-0.25, -0.2) is 18.2 Å². The van der Waals surface area contributed by atoms with Gasteiger partial charge >= 0.3 is 6.11 Å². The molecular weight excluding hydrogens is 529 g/mol. The van der Waals surface area contributed by atoms with Crippen molar-refractivity contribution in [2.24, 2.45) is 29.6 Å². The maximum absolute atomic E-state index is 14.9. The van der Waals surface area contributed by atoms with Crippen molar-refractivity contribution in [3.05, 3.63) is 58.4 Å². The Bertz CT molecular complexity index is 1310. The molecule has 210 valence electrons. The van der Waals surface area contributed by atoms with Crippen molar-refractivity contribution in [2.75, 3.05) is 0 Å². The van der Waals surface area contributed by atoms with Gasteiger partial charge in [0, 0.05) is 12.1 Å². The highest BCUT2D eigenvalue weighted by molar-refractivity contribution is 7.18. The van der Waals surface area contributed by atoms with Crippen LogP contribution in [0.4, 0.5) is 22.0 Å². The molecule has 8 heteroatoms. The first-order chi connectivity index (χ1) is 18.7. The molecule has 3 aliphatic rings. The van der Waals surface area contributed by atoms with Gasteiger partial charge in [0.05, 0.1) is 10.2 Å². The van der Waals surface area contributed by atoms with Crippen molar-refractivity contribution >= 4 is 21.6 Å². The minimum absolute atomic E-state index is 0.400. The van der Waals surface area contributed by atoms with Crippen LogP contribution in [0.1, 0.15) is 87.6 Å². The van der Waals surface area contributed by atoms with Gasteiger partial charge in [-0.1, -0.05) is 25.8 Å². The largest absolute Gasteiger partial charge is 0.454 e. The van der Waals surface area contributed by atoms with Gasteiger partial charge in [0.15, 0.2) is 17.5 Å². The van der Waals surface area contributed by atoms with Gasteiger partial charge < -0.3 is 4.74 Å². The number of rotatable bonds is 5. The summed E-state index contributed by atoms with van der Waals surface area (Å²) in [5.74, 6) is -1.05. The molecule has 3 aliphatic carbocycles. The SMILES string of the molecule is CC1CCC(C2CCC3CC(c4ccc5nc(C(F)(F)Oc6cc(F)c(F)c(F)c6)sc5c4)CCC3C2)CC1. The smallest absolute Gasteiger partial charge is 0.427 e. The van der Waals surface area contributed by atoms with Gasteiger partial charge in [0.1, 0.15) is 5.75 Å². The van der Waals surface area contributed by atoms with E-state index in [4.69, 9.17) is 0 Å². The number of fused-ring (bicyclic) bond motifs is 2. The molecule has 2 aromatic carbocycles. The minimum Gasteiger partial charge on any atom is -0.427 e.